The van der Waals surface area contributed by atoms with Crippen molar-refractivity contribution in [1.82, 2.24) is 10.3 Å². The van der Waals surface area contributed by atoms with E-state index >= 15 is 0 Å². The van der Waals surface area contributed by atoms with E-state index in [0.717, 1.165) is 10.6 Å². The minimum atomic E-state index is -0.459. The number of thiazole rings is 1. The van der Waals surface area contributed by atoms with Crippen molar-refractivity contribution >= 4 is 17.2 Å². The van der Waals surface area contributed by atoms with Crippen molar-refractivity contribution in [2.45, 2.75) is 13.2 Å². The number of carbonyl (C=O) groups excluding carboxylic acids is 1. The first-order chi connectivity index (χ1) is 11.7. The number of aliphatic hydroxyl groups is 1. The number of aromatic nitrogens is 1. The van der Waals surface area contributed by atoms with Crippen LogP contribution in [0.25, 0.3) is 10.6 Å². The quantitative estimate of drug-likeness (QED) is 0.747. The molecule has 2 N–H and O–H groups in total. The maximum Gasteiger partial charge on any atom is 0.271 e. The van der Waals surface area contributed by atoms with Crippen molar-refractivity contribution in [2.24, 2.45) is 0 Å². The molecule has 1 heterocycles. The predicted octanol–water partition coefficient (Wildman–Crippen LogP) is 3.37. The summed E-state index contributed by atoms with van der Waals surface area (Å²) in [5, 5.41) is 14.3. The van der Waals surface area contributed by atoms with Crippen molar-refractivity contribution in [3.05, 3.63) is 76.5 Å². The molecule has 4 nitrogen and oxygen atoms in total. The summed E-state index contributed by atoms with van der Waals surface area (Å²) in [5.74, 6) is -0.747. The van der Waals surface area contributed by atoms with Crippen LogP contribution in [0.4, 0.5) is 4.39 Å². The summed E-state index contributed by atoms with van der Waals surface area (Å²) in [6.07, 6.45) is 0. The number of hydrogen-bond donors (Lipinski definition) is 2. The van der Waals surface area contributed by atoms with E-state index in [0.29, 0.717) is 11.3 Å². The zero-order chi connectivity index (χ0) is 16.9. The third-order valence-corrected chi connectivity index (χ3v) is 4.38. The lowest BCUT2D eigenvalue weighted by Gasteiger charge is -2.06. The molecule has 3 rings (SSSR count). The zero-order valence-corrected chi connectivity index (χ0v) is 13.5. The molecule has 0 unspecified atom stereocenters. The molecule has 0 spiro atoms. The molecule has 1 aromatic heterocycles. The molecule has 1 amide bonds. The van der Waals surface area contributed by atoms with Crippen LogP contribution in [0.5, 0.6) is 0 Å². The molecule has 0 radical (unpaired) electrons. The lowest BCUT2D eigenvalue weighted by Crippen LogP contribution is -2.23. The monoisotopic (exact) mass is 342 g/mol. The van der Waals surface area contributed by atoms with Crippen LogP contribution in [-0.4, -0.2) is 16.0 Å². The van der Waals surface area contributed by atoms with Gasteiger partial charge in [0.05, 0.1) is 6.61 Å². The van der Waals surface area contributed by atoms with Crippen LogP contribution in [0.1, 0.15) is 21.6 Å². The Morgan fingerprint density at radius 3 is 2.75 bits per heavy atom. The minimum Gasteiger partial charge on any atom is -0.392 e. The first-order valence-electron chi connectivity index (χ1n) is 7.34. The number of aliphatic hydroxyl groups excluding tert-OH is 1. The SMILES string of the molecule is O=C(NCc1ccc(F)c(CO)c1)c1csc(-c2ccccc2)n1. The van der Waals surface area contributed by atoms with E-state index in [2.05, 4.69) is 10.3 Å². The Balaban J connectivity index is 1.67. The molecule has 6 heteroatoms. The lowest BCUT2D eigenvalue weighted by atomic mass is 10.1. The number of benzene rings is 2. The fourth-order valence-electron chi connectivity index (χ4n) is 2.22. The molecule has 0 bridgehead atoms. The fraction of sp³-hybridized carbons (Fsp3) is 0.111. The van der Waals surface area contributed by atoms with E-state index in [9.17, 15) is 9.18 Å². The number of nitrogens with one attached hydrogen (secondary N) is 1. The van der Waals surface area contributed by atoms with Gasteiger partial charge >= 0.3 is 0 Å². The van der Waals surface area contributed by atoms with Gasteiger partial charge in [-0.1, -0.05) is 36.4 Å². The molecule has 3 aromatic rings. The highest BCUT2D eigenvalue weighted by molar-refractivity contribution is 7.13. The summed E-state index contributed by atoms with van der Waals surface area (Å²) in [6, 6.07) is 14.0. The zero-order valence-electron chi connectivity index (χ0n) is 12.7. The van der Waals surface area contributed by atoms with Gasteiger partial charge in [-0.25, -0.2) is 9.37 Å². The highest BCUT2D eigenvalue weighted by Crippen LogP contribution is 2.23. The van der Waals surface area contributed by atoms with Crippen molar-refractivity contribution in [3.63, 3.8) is 0 Å². The first kappa shape index (κ1) is 16.3. The highest BCUT2D eigenvalue weighted by Gasteiger charge is 2.12. The molecule has 0 saturated carbocycles. The molecule has 0 aliphatic carbocycles. The second kappa shape index (κ2) is 7.33. The van der Waals surface area contributed by atoms with Crippen LogP contribution in [0.15, 0.2) is 53.9 Å². The Labute approximate surface area is 142 Å². The van der Waals surface area contributed by atoms with Crippen LogP contribution in [0, 0.1) is 5.82 Å². The molecular weight excluding hydrogens is 327 g/mol. The van der Waals surface area contributed by atoms with Crippen LogP contribution in [0.3, 0.4) is 0 Å². The Kier molecular flexibility index (Phi) is 4.98. The Bertz CT molecular complexity index is 849. The molecule has 0 atom stereocenters. The summed E-state index contributed by atoms with van der Waals surface area (Å²) in [6.45, 7) is -0.134. The highest BCUT2D eigenvalue weighted by atomic mass is 32.1. The van der Waals surface area contributed by atoms with E-state index in [1.54, 1.807) is 11.4 Å². The third-order valence-electron chi connectivity index (χ3n) is 3.49. The third kappa shape index (κ3) is 3.67. The van der Waals surface area contributed by atoms with E-state index in [-0.39, 0.29) is 24.6 Å². The fourth-order valence-corrected chi connectivity index (χ4v) is 3.03. The molecule has 0 saturated heterocycles. The Hall–Kier alpha value is -2.57. The second-order valence-corrected chi connectivity index (χ2v) is 6.03. The van der Waals surface area contributed by atoms with Crippen molar-refractivity contribution in [1.29, 1.82) is 0 Å². The molecule has 0 aliphatic rings. The molecule has 2 aromatic carbocycles. The van der Waals surface area contributed by atoms with Gasteiger partial charge in [-0.15, -0.1) is 11.3 Å². The minimum absolute atomic E-state index is 0.210. The summed E-state index contributed by atoms with van der Waals surface area (Å²) in [5.41, 5.74) is 2.24. The largest absolute Gasteiger partial charge is 0.392 e. The van der Waals surface area contributed by atoms with Crippen molar-refractivity contribution in [2.75, 3.05) is 0 Å². The number of hydrogen-bond acceptors (Lipinski definition) is 4. The van der Waals surface area contributed by atoms with Gasteiger partial charge in [0.2, 0.25) is 0 Å². The molecule has 122 valence electrons. The first-order valence-corrected chi connectivity index (χ1v) is 8.22. The topological polar surface area (TPSA) is 62.2 Å². The van der Waals surface area contributed by atoms with Crippen molar-refractivity contribution in [3.8, 4) is 10.6 Å². The number of carbonyl (C=O) groups is 1. The van der Waals surface area contributed by atoms with Crippen LogP contribution in [0.2, 0.25) is 0 Å². The van der Waals surface area contributed by atoms with Gasteiger partial charge in [0.15, 0.2) is 0 Å². The molecule has 0 fully saturated rings. The average Bonchev–Trinajstić information content (AvgIpc) is 3.12. The Morgan fingerprint density at radius 2 is 2.00 bits per heavy atom. The summed E-state index contributed by atoms with van der Waals surface area (Å²) < 4.78 is 13.3. The average molecular weight is 342 g/mol. The maximum atomic E-state index is 13.3. The molecule has 24 heavy (non-hydrogen) atoms. The number of halogens is 1. The van der Waals surface area contributed by atoms with E-state index in [1.165, 1.54) is 23.5 Å². The van der Waals surface area contributed by atoms with E-state index < -0.39 is 5.82 Å². The van der Waals surface area contributed by atoms with Crippen molar-refractivity contribution < 1.29 is 14.3 Å². The predicted molar refractivity (Wildman–Crippen MR) is 91.0 cm³/mol. The van der Waals surface area contributed by atoms with E-state index in [4.69, 9.17) is 5.11 Å². The van der Waals surface area contributed by atoms with Gasteiger partial charge in [-0.3, -0.25) is 4.79 Å². The normalized spacial score (nSPS) is 10.6. The van der Waals surface area contributed by atoms with Gasteiger partial charge in [0.1, 0.15) is 16.5 Å². The van der Waals surface area contributed by atoms with Crippen LogP contribution in [-0.2, 0) is 13.2 Å². The Morgan fingerprint density at radius 1 is 1.21 bits per heavy atom. The standard InChI is InChI=1S/C18H15FN2O2S/c19-15-7-6-12(8-14(15)10-22)9-20-17(23)16-11-24-18(21-16)13-4-2-1-3-5-13/h1-8,11,22H,9-10H2,(H,20,23). The molecule has 0 aliphatic heterocycles. The van der Waals surface area contributed by atoms with Crippen LogP contribution >= 0.6 is 11.3 Å². The van der Waals surface area contributed by atoms with Gasteiger partial charge in [-0.05, 0) is 17.7 Å². The van der Waals surface area contributed by atoms with Gasteiger partial charge < -0.3 is 10.4 Å². The van der Waals surface area contributed by atoms with E-state index in [1.807, 2.05) is 30.3 Å². The summed E-state index contributed by atoms with van der Waals surface area (Å²) in [7, 11) is 0. The summed E-state index contributed by atoms with van der Waals surface area (Å²) in [4.78, 5) is 16.5. The van der Waals surface area contributed by atoms with Gasteiger partial charge in [0.25, 0.3) is 5.91 Å². The van der Waals surface area contributed by atoms with Crippen LogP contribution < -0.4 is 5.32 Å². The number of rotatable bonds is 5. The summed E-state index contributed by atoms with van der Waals surface area (Å²) >= 11 is 1.41. The van der Waals surface area contributed by atoms with Gasteiger partial charge in [-0.2, -0.15) is 0 Å². The van der Waals surface area contributed by atoms with Gasteiger partial charge in [0, 0.05) is 23.1 Å². The second-order valence-electron chi connectivity index (χ2n) is 5.17. The smallest absolute Gasteiger partial charge is 0.271 e. The molecular formula is C18H15FN2O2S. The maximum absolute atomic E-state index is 13.3. The lowest BCUT2D eigenvalue weighted by molar-refractivity contribution is 0.0946. The number of amides is 1. The number of nitrogens with zero attached hydrogens (tertiary/aromatic N) is 1.